The van der Waals surface area contributed by atoms with Crippen molar-refractivity contribution in [2.45, 2.75) is 303 Å². The van der Waals surface area contributed by atoms with Crippen LogP contribution in [0.15, 0.2) is 60.8 Å². The van der Waals surface area contributed by atoms with Gasteiger partial charge in [-0.3, -0.25) is 14.4 Å². The van der Waals surface area contributed by atoms with E-state index in [9.17, 15) is 14.4 Å². The van der Waals surface area contributed by atoms with Crippen LogP contribution in [0.1, 0.15) is 297 Å². The Balaban J connectivity index is 4.37. The van der Waals surface area contributed by atoms with Crippen molar-refractivity contribution in [1.82, 2.24) is 0 Å². The summed E-state index contributed by atoms with van der Waals surface area (Å²) in [7, 11) is 0. The van der Waals surface area contributed by atoms with Gasteiger partial charge in [0.15, 0.2) is 6.10 Å². The summed E-state index contributed by atoms with van der Waals surface area (Å²) in [5, 5.41) is 0. The number of ether oxygens (including phenoxy) is 3. The van der Waals surface area contributed by atoms with E-state index >= 15 is 0 Å². The van der Waals surface area contributed by atoms with Crippen LogP contribution < -0.4 is 0 Å². The topological polar surface area (TPSA) is 78.9 Å². The molecule has 0 N–H and O–H groups in total. The monoisotopic (exact) mass is 951 g/mol. The lowest BCUT2D eigenvalue weighted by Gasteiger charge is -2.18. The van der Waals surface area contributed by atoms with Crippen molar-refractivity contribution < 1.29 is 28.6 Å². The molecule has 0 aliphatic rings. The van der Waals surface area contributed by atoms with E-state index in [1.54, 1.807) is 0 Å². The number of carbonyl (C=O) groups is 3. The Hall–Kier alpha value is -2.89. The molecule has 0 saturated heterocycles. The molecule has 0 aliphatic heterocycles. The van der Waals surface area contributed by atoms with Gasteiger partial charge >= 0.3 is 17.9 Å². The van der Waals surface area contributed by atoms with Gasteiger partial charge in [0.05, 0.1) is 0 Å². The Morgan fingerprint density at radius 1 is 0.309 bits per heavy atom. The summed E-state index contributed by atoms with van der Waals surface area (Å²) in [4.78, 5) is 38.2. The van der Waals surface area contributed by atoms with Crippen molar-refractivity contribution in [3.8, 4) is 0 Å². The SMILES string of the molecule is CC/C=C\C/C=C\C/C=C\CCCCCCCCCC(=O)OC(COC(=O)CCCCCCC/C=C\CCCCCCC)COC(=O)CCCCCCCCCCC/C=C\CCCCCCCC. The first-order valence-corrected chi connectivity index (χ1v) is 29.3. The highest BCUT2D eigenvalue weighted by atomic mass is 16.6. The maximum Gasteiger partial charge on any atom is 0.306 e. The van der Waals surface area contributed by atoms with Gasteiger partial charge in [-0.15, -0.1) is 0 Å². The molecule has 0 aromatic heterocycles. The van der Waals surface area contributed by atoms with Crippen LogP contribution in [0.2, 0.25) is 0 Å². The summed E-state index contributed by atoms with van der Waals surface area (Å²) in [5.41, 5.74) is 0. The molecule has 0 amide bonds. The van der Waals surface area contributed by atoms with Gasteiger partial charge in [0.2, 0.25) is 0 Å². The van der Waals surface area contributed by atoms with Gasteiger partial charge in [-0.1, -0.05) is 236 Å². The van der Waals surface area contributed by atoms with Gasteiger partial charge in [0.1, 0.15) is 13.2 Å². The van der Waals surface area contributed by atoms with Crippen LogP contribution in [-0.2, 0) is 28.6 Å². The lowest BCUT2D eigenvalue weighted by molar-refractivity contribution is -0.167. The van der Waals surface area contributed by atoms with Crippen LogP contribution in [0.5, 0.6) is 0 Å². The van der Waals surface area contributed by atoms with E-state index in [1.807, 2.05) is 0 Å². The molecule has 0 rings (SSSR count). The summed E-state index contributed by atoms with van der Waals surface area (Å²) in [6.07, 6.45) is 70.6. The van der Waals surface area contributed by atoms with Crippen molar-refractivity contribution in [1.29, 1.82) is 0 Å². The molecule has 0 fully saturated rings. The fraction of sp³-hybridized carbons (Fsp3) is 0.790. The number of allylic oxidation sites excluding steroid dienone is 10. The Bertz CT molecular complexity index is 1230. The minimum atomic E-state index is -0.783. The second-order valence-corrected chi connectivity index (χ2v) is 19.5. The molecule has 0 saturated carbocycles. The van der Waals surface area contributed by atoms with Crippen LogP contribution >= 0.6 is 0 Å². The molecular weight excluding hydrogens is 841 g/mol. The average Bonchev–Trinajstić information content (AvgIpc) is 3.34. The van der Waals surface area contributed by atoms with Crippen molar-refractivity contribution in [2.75, 3.05) is 13.2 Å². The Kier molecular flexibility index (Phi) is 54.3. The Labute approximate surface area is 421 Å². The number of carbonyl (C=O) groups excluding carboxylic acids is 3. The quantitative estimate of drug-likeness (QED) is 0.0262. The van der Waals surface area contributed by atoms with Gasteiger partial charge in [-0.05, 0) is 103 Å². The summed E-state index contributed by atoms with van der Waals surface area (Å²) in [6.45, 7) is 6.53. The van der Waals surface area contributed by atoms with Crippen LogP contribution in [0.3, 0.4) is 0 Å². The van der Waals surface area contributed by atoms with Crippen molar-refractivity contribution in [3.05, 3.63) is 60.8 Å². The largest absolute Gasteiger partial charge is 0.462 e. The zero-order chi connectivity index (χ0) is 49.3. The molecule has 6 heteroatoms. The molecule has 0 bridgehead atoms. The maximum atomic E-state index is 12.9. The highest BCUT2D eigenvalue weighted by Crippen LogP contribution is 2.15. The molecule has 1 unspecified atom stereocenters. The van der Waals surface area contributed by atoms with E-state index in [4.69, 9.17) is 14.2 Å². The molecule has 0 spiro atoms. The molecule has 0 heterocycles. The van der Waals surface area contributed by atoms with E-state index in [0.717, 1.165) is 89.9 Å². The summed E-state index contributed by atoms with van der Waals surface area (Å²) in [6, 6.07) is 0. The summed E-state index contributed by atoms with van der Waals surface area (Å²) >= 11 is 0. The summed E-state index contributed by atoms with van der Waals surface area (Å²) in [5.74, 6) is -0.890. The van der Waals surface area contributed by atoms with Crippen molar-refractivity contribution in [2.24, 2.45) is 0 Å². The molecule has 0 aromatic carbocycles. The number of hydrogen-bond donors (Lipinski definition) is 0. The van der Waals surface area contributed by atoms with Crippen molar-refractivity contribution >= 4 is 17.9 Å². The van der Waals surface area contributed by atoms with Crippen molar-refractivity contribution in [3.63, 3.8) is 0 Å². The van der Waals surface area contributed by atoms with E-state index in [0.29, 0.717) is 19.3 Å². The highest BCUT2D eigenvalue weighted by Gasteiger charge is 2.19. The third-order valence-electron chi connectivity index (χ3n) is 12.7. The third kappa shape index (κ3) is 54.1. The second-order valence-electron chi connectivity index (χ2n) is 19.5. The molecule has 0 aliphatic carbocycles. The molecule has 0 aromatic rings. The molecule has 6 nitrogen and oxygen atoms in total. The van der Waals surface area contributed by atoms with Gasteiger partial charge in [-0.25, -0.2) is 0 Å². The second kappa shape index (κ2) is 56.7. The van der Waals surface area contributed by atoms with Crippen LogP contribution in [0.25, 0.3) is 0 Å². The van der Waals surface area contributed by atoms with Gasteiger partial charge in [-0.2, -0.15) is 0 Å². The zero-order valence-corrected chi connectivity index (χ0v) is 45.1. The first kappa shape index (κ1) is 65.1. The number of rotatable bonds is 53. The predicted molar refractivity (Wildman–Crippen MR) is 293 cm³/mol. The van der Waals surface area contributed by atoms with Crippen LogP contribution in [-0.4, -0.2) is 37.2 Å². The number of esters is 3. The molecule has 68 heavy (non-hydrogen) atoms. The molecular formula is C62H110O6. The lowest BCUT2D eigenvalue weighted by atomic mass is 10.1. The predicted octanol–water partition coefficient (Wildman–Crippen LogP) is 19.6. The maximum absolute atomic E-state index is 12.9. The highest BCUT2D eigenvalue weighted by molar-refractivity contribution is 5.71. The molecule has 0 radical (unpaired) electrons. The molecule has 394 valence electrons. The lowest BCUT2D eigenvalue weighted by Crippen LogP contribution is -2.30. The van der Waals surface area contributed by atoms with Gasteiger partial charge in [0, 0.05) is 19.3 Å². The number of hydrogen-bond acceptors (Lipinski definition) is 6. The Morgan fingerprint density at radius 3 is 0.912 bits per heavy atom. The van der Waals surface area contributed by atoms with E-state index < -0.39 is 6.10 Å². The minimum Gasteiger partial charge on any atom is -0.462 e. The summed E-state index contributed by atoms with van der Waals surface area (Å²) < 4.78 is 16.9. The van der Waals surface area contributed by atoms with Gasteiger partial charge < -0.3 is 14.2 Å². The Morgan fingerprint density at radius 2 is 0.574 bits per heavy atom. The van der Waals surface area contributed by atoms with Gasteiger partial charge in [0.25, 0.3) is 0 Å². The normalized spacial score (nSPS) is 12.5. The fourth-order valence-corrected chi connectivity index (χ4v) is 8.33. The smallest absolute Gasteiger partial charge is 0.306 e. The van der Waals surface area contributed by atoms with E-state index in [-0.39, 0.29) is 31.1 Å². The minimum absolute atomic E-state index is 0.0807. The van der Waals surface area contributed by atoms with Crippen LogP contribution in [0.4, 0.5) is 0 Å². The molecule has 1 atom stereocenters. The average molecular weight is 952 g/mol. The van der Waals surface area contributed by atoms with E-state index in [2.05, 4.69) is 81.5 Å². The third-order valence-corrected chi connectivity index (χ3v) is 12.7. The van der Waals surface area contributed by atoms with E-state index in [1.165, 1.54) is 167 Å². The first-order chi connectivity index (χ1) is 33.5. The van der Waals surface area contributed by atoms with Crippen LogP contribution in [0, 0.1) is 0 Å². The zero-order valence-electron chi connectivity index (χ0n) is 45.1. The fourth-order valence-electron chi connectivity index (χ4n) is 8.33. The standard InChI is InChI=1S/C62H110O6/c1-4-7-10-13-16-19-22-25-28-30-31-33-34-37-40-43-46-49-52-55-61(64)67-58-59(57-66-60(63)54-51-48-45-42-39-36-27-24-21-18-15-12-9-6-3)68-62(65)56-53-50-47-44-41-38-35-32-29-26-23-20-17-14-11-8-5-2/h8,11,17,20,24-29,59H,4-7,9-10,12-16,18-19,21-23,30-58H2,1-3H3/b11-8-,20-17-,27-24-,28-25-,29-26-. The number of unbranched alkanes of at least 4 members (excludes halogenated alkanes) is 32. The first-order valence-electron chi connectivity index (χ1n) is 29.3.